The summed E-state index contributed by atoms with van der Waals surface area (Å²) in [6.07, 6.45) is 7.10. The lowest BCUT2D eigenvalue weighted by atomic mass is 9.83. The van der Waals surface area contributed by atoms with Crippen molar-refractivity contribution >= 4 is 18.3 Å². The molecule has 2 rings (SSSR count). The Kier molecular flexibility index (Phi) is 5.51. The largest absolute Gasteiger partial charge is 0.486 e. The molecule has 0 aromatic heterocycles. The van der Waals surface area contributed by atoms with Gasteiger partial charge in [0.1, 0.15) is 0 Å². The number of rotatable bonds is 5. The van der Waals surface area contributed by atoms with Crippen molar-refractivity contribution in [3.8, 4) is 5.75 Å². The highest BCUT2D eigenvalue weighted by molar-refractivity contribution is 7.80. The Labute approximate surface area is 131 Å². The first kappa shape index (κ1) is 16.1. The Bertz CT molecular complexity index is 496. The molecule has 1 fully saturated rings. The van der Waals surface area contributed by atoms with Gasteiger partial charge in [-0.15, -0.1) is 0 Å². The van der Waals surface area contributed by atoms with E-state index in [1.165, 1.54) is 25.7 Å². The standard InChI is InChI=1S/C16H23NO3S/c1-13-6-7-15(14(10-13)17(18)19)20-11-16(12-21)8-4-2-3-5-9-16/h6-7,10,21H,2-5,8-9,11-12H2,1H3. The van der Waals surface area contributed by atoms with Crippen LogP contribution in [-0.2, 0) is 0 Å². The van der Waals surface area contributed by atoms with Gasteiger partial charge in [0.05, 0.1) is 11.5 Å². The third-order valence-electron chi connectivity index (χ3n) is 4.34. The minimum atomic E-state index is -0.372. The van der Waals surface area contributed by atoms with Crippen LogP contribution in [0.1, 0.15) is 44.1 Å². The van der Waals surface area contributed by atoms with E-state index in [0.29, 0.717) is 12.4 Å². The summed E-state index contributed by atoms with van der Waals surface area (Å²) in [5.74, 6) is 1.14. The number of hydrogen-bond acceptors (Lipinski definition) is 4. The van der Waals surface area contributed by atoms with Crippen LogP contribution in [0.25, 0.3) is 0 Å². The molecule has 0 bridgehead atoms. The predicted molar refractivity (Wildman–Crippen MR) is 87.3 cm³/mol. The number of nitrogens with zero attached hydrogens (tertiary/aromatic N) is 1. The Morgan fingerprint density at radius 2 is 1.95 bits per heavy atom. The summed E-state index contributed by atoms with van der Waals surface area (Å²) < 4.78 is 5.85. The van der Waals surface area contributed by atoms with E-state index in [1.807, 2.05) is 13.0 Å². The van der Waals surface area contributed by atoms with E-state index in [2.05, 4.69) is 12.6 Å². The van der Waals surface area contributed by atoms with Gasteiger partial charge in [0.15, 0.2) is 5.75 Å². The monoisotopic (exact) mass is 309 g/mol. The molecule has 116 valence electrons. The first-order valence-electron chi connectivity index (χ1n) is 7.55. The van der Waals surface area contributed by atoms with Crippen LogP contribution in [0.4, 0.5) is 5.69 Å². The molecule has 1 saturated carbocycles. The summed E-state index contributed by atoms with van der Waals surface area (Å²) in [5, 5.41) is 11.1. The number of benzene rings is 1. The maximum atomic E-state index is 11.1. The predicted octanol–water partition coefficient (Wildman–Crippen LogP) is 4.55. The van der Waals surface area contributed by atoms with Crippen molar-refractivity contribution in [2.24, 2.45) is 5.41 Å². The summed E-state index contributed by atoms with van der Waals surface area (Å²) in [6.45, 7) is 2.36. The molecule has 0 heterocycles. The molecule has 0 amide bonds. The molecule has 0 unspecified atom stereocenters. The molecule has 4 nitrogen and oxygen atoms in total. The van der Waals surface area contributed by atoms with Gasteiger partial charge in [0.2, 0.25) is 0 Å². The summed E-state index contributed by atoms with van der Waals surface area (Å²) in [5.41, 5.74) is 0.976. The van der Waals surface area contributed by atoms with Gasteiger partial charge in [0, 0.05) is 11.5 Å². The molecule has 0 atom stereocenters. The normalized spacial score (nSPS) is 18.0. The van der Waals surface area contributed by atoms with E-state index in [9.17, 15) is 10.1 Å². The molecule has 0 radical (unpaired) electrons. The number of nitro groups is 1. The lowest BCUT2D eigenvalue weighted by Gasteiger charge is -2.30. The molecule has 1 aromatic carbocycles. The highest BCUT2D eigenvalue weighted by Gasteiger charge is 2.31. The van der Waals surface area contributed by atoms with Crippen LogP contribution in [0, 0.1) is 22.5 Å². The number of aryl methyl sites for hydroxylation is 1. The van der Waals surface area contributed by atoms with Crippen molar-refractivity contribution in [3.63, 3.8) is 0 Å². The zero-order valence-corrected chi connectivity index (χ0v) is 13.4. The number of hydrogen-bond donors (Lipinski definition) is 1. The van der Waals surface area contributed by atoms with Crippen LogP contribution in [-0.4, -0.2) is 17.3 Å². The van der Waals surface area contributed by atoms with Gasteiger partial charge in [-0.25, -0.2) is 0 Å². The van der Waals surface area contributed by atoms with Gasteiger partial charge in [-0.1, -0.05) is 31.7 Å². The van der Waals surface area contributed by atoms with E-state index >= 15 is 0 Å². The second-order valence-electron chi connectivity index (χ2n) is 6.09. The van der Waals surface area contributed by atoms with Crippen molar-refractivity contribution in [2.75, 3.05) is 12.4 Å². The minimum Gasteiger partial charge on any atom is -0.486 e. The Morgan fingerprint density at radius 3 is 2.52 bits per heavy atom. The molecule has 0 saturated heterocycles. The van der Waals surface area contributed by atoms with Crippen molar-refractivity contribution in [1.82, 2.24) is 0 Å². The van der Waals surface area contributed by atoms with Crippen molar-refractivity contribution in [1.29, 1.82) is 0 Å². The van der Waals surface area contributed by atoms with Gasteiger partial charge in [-0.05, 0) is 37.1 Å². The molecule has 21 heavy (non-hydrogen) atoms. The summed E-state index contributed by atoms with van der Waals surface area (Å²) >= 11 is 4.51. The zero-order chi connectivity index (χ0) is 15.3. The number of nitro benzene ring substituents is 1. The van der Waals surface area contributed by atoms with E-state index < -0.39 is 0 Å². The molecular weight excluding hydrogens is 286 g/mol. The van der Waals surface area contributed by atoms with Crippen LogP contribution in [0.2, 0.25) is 0 Å². The highest BCUT2D eigenvalue weighted by atomic mass is 32.1. The molecule has 0 aliphatic heterocycles. The van der Waals surface area contributed by atoms with Crippen LogP contribution in [0.15, 0.2) is 18.2 Å². The van der Waals surface area contributed by atoms with Crippen molar-refractivity contribution < 1.29 is 9.66 Å². The first-order valence-corrected chi connectivity index (χ1v) is 8.18. The maximum Gasteiger partial charge on any atom is 0.311 e. The third-order valence-corrected chi connectivity index (χ3v) is 5.02. The average Bonchev–Trinajstić information content (AvgIpc) is 2.72. The van der Waals surface area contributed by atoms with Crippen LogP contribution in [0.5, 0.6) is 5.75 Å². The number of ether oxygens (including phenoxy) is 1. The van der Waals surface area contributed by atoms with Gasteiger partial charge in [-0.2, -0.15) is 12.6 Å². The van der Waals surface area contributed by atoms with E-state index in [4.69, 9.17) is 4.74 Å². The van der Waals surface area contributed by atoms with E-state index in [1.54, 1.807) is 12.1 Å². The lowest BCUT2D eigenvalue weighted by Crippen LogP contribution is -2.30. The van der Waals surface area contributed by atoms with Crippen LogP contribution in [0.3, 0.4) is 0 Å². The molecule has 1 aliphatic carbocycles. The third kappa shape index (κ3) is 4.13. The zero-order valence-electron chi connectivity index (χ0n) is 12.5. The van der Waals surface area contributed by atoms with Gasteiger partial charge >= 0.3 is 5.69 Å². The highest BCUT2D eigenvalue weighted by Crippen LogP contribution is 2.38. The topological polar surface area (TPSA) is 52.4 Å². The molecular formula is C16H23NO3S. The fourth-order valence-corrected chi connectivity index (χ4v) is 3.36. The Hall–Kier alpha value is -1.23. The van der Waals surface area contributed by atoms with Gasteiger partial charge in [-0.3, -0.25) is 10.1 Å². The smallest absolute Gasteiger partial charge is 0.311 e. The van der Waals surface area contributed by atoms with Crippen LogP contribution < -0.4 is 4.74 Å². The Morgan fingerprint density at radius 1 is 1.29 bits per heavy atom. The quantitative estimate of drug-likeness (QED) is 0.376. The van der Waals surface area contributed by atoms with Crippen molar-refractivity contribution in [2.45, 2.75) is 45.4 Å². The first-order chi connectivity index (χ1) is 10.1. The fraction of sp³-hybridized carbons (Fsp3) is 0.625. The average molecular weight is 309 g/mol. The second kappa shape index (κ2) is 7.16. The molecule has 5 heteroatoms. The van der Waals surface area contributed by atoms with Gasteiger partial charge in [0.25, 0.3) is 0 Å². The number of thiol groups is 1. The second-order valence-corrected chi connectivity index (χ2v) is 6.41. The lowest BCUT2D eigenvalue weighted by molar-refractivity contribution is -0.386. The van der Waals surface area contributed by atoms with Crippen LogP contribution >= 0.6 is 12.6 Å². The summed E-state index contributed by atoms with van der Waals surface area (Å²) in [6, 6.07) is 5.12. The maximum absolute atomic E-state index is 11.1. The molecule has 0 spiro atoms. The SMILES string of the molecule is Cc1ccc(OCC2(CS)CCCCCC2)c([N+](=O)[O-])c1. The summed E-state index contributed by atoms with van der Waals surface area (Å²) in [7, 11) is 0. The minimum absolute atomic E-state index is 0.0536. The van der Waals surface area contributed by atoms with E-state index in [-0.39, 0.29) is 16.0 Å². The molecule has 0 N–H and O–H groups in total. The van der Waals surface area contributed by atoms with Gasteiger partial charge < -0.3 is 4.74 Å². The fourth-order valence-electron chi connectivity index (χ4n) is 2.95. The summed E-state index contributed by atoms with van der Waals surface area (Å²) in [4.78, 5) is 10.8. The van der Waals surface area contributed by atoms with Crippen molar-refractivity contribution in [3.05, 3.63) is 33.9 Å². The molecule has 1 aromatic rings. The van der Waals surface area contributed by atoms with E-state index in [0.717, 1.165) is 24.2 Å². The Balaban J connectivity index is 2.12. The molecule has 1 aliphatic rings.